The normalized spacial score (nSPS) is 16.9. The molecule has 1 aromatic rings. The van der Waals surface area contributed by atoms with Gasteiger partial charge in [-0.15, -0.1) is 11.3 Å². The second-order valence-corrected chi connectivity index (χ2v) is 7.48. The standard InChI is InChI=1S/C16H23NO3S/c1-11(18)13-9-14(21-10-13)12-5-7-17(8-6-12)15(19)20-16(2,3)4/h9-10,12H,5-8H2,1-4H3. The summed E-state index contributed by atoms with van der Waals surface area (Å²) >= 11 is 1.65. The van der Waals surface area contributed by atoms with Gasteiger partial charge in [-0.25, -0.2) is 4.79 Å². The van der Waals surface area contributed by atoms with E-state index in [1.54, 1.807) is 23.2 Å². The van der Waals surface area contributed by atoms with Crippen molar-refractivity contribution in [2.45, 2.75) is 52.1 Å². The maximum atomic E-state index is 12.0. The van der Waals surface area contributed by atoms with Crippen LogP contribution in [0, 0.1) is 0 Å². The molecule has 1 saturated heterocycles. The van der Waals surface area contributed by atoms with Gasteiger partial charge in [0.05, 0.1) is 0 Å². The topological polar surface area (TPSA) is 46.6 Å². The lowest BCUT2D eigenvalue weighted by molar-refractivity contribution is 0.0205. The fraction of sp³-hybridized carbons (Fsp3) is 0.625. The first-order valence-electron chi connectivity index (χ1n) is 7.33. The fourth-order valence-corrected chi connectivity index (χ4v) is 3.54. The van der Waals surface area contributed by atoms with Crippen LogP contribution in [0.3, 0.4) is 0 Å². The quantitative estimate of drug-likeness (QED) is 0.774. The lowest BCUT2D eigenvalue weighted by atomic mass is 9.95. The van der Waals surface area contributed by atoms with Gasteiger partial charge in [-0.1, -0.05) is 0 Å². The number of ketones is 1. The van der Waals surface area contributed by atoms with Crippen molar-refractivity contribution in [1.82, 2.24) is 4.90 Å². The van der Waals surface area contributed by atoms with Crippen LogP contribution in [0.1, 0.15) is 61.7 Å². The van der Waals surface area contributed by atoms with E-state index in [1.807, 2.05) is 32.2 Å². The molecule has 0 radical (unpaired) electrons. The van der Waals surface area contributed by atoms with Crippen LogP contribution in [0.2, 0.25) is 0 Å². The maximum absolute atomic E-state index is 12.0. The average Bonchev–Trinajstić information content (AvgIpc) is 2.86. The zero-order valence-corrected chi connectivity index (χ0v) is 14.0. The summed E-state index contributed by atoms with van der Waals surface area (Å²) < 4.78 is 5.40. The molecule has 1 aromatic heterocycles. The van der Waals surface area contributed by atoms with Crippen molar-refractivity contribution < 1.29 is 14.3 Å². The third-order valence-electron chi connectivity index (χ3n) is 3.58. The van der Waals surface area contributed by atoms with Crippen molar-refractivity contribution >= 4 is 23.2 Å². The number of carbonyl (C=O) groups excluding carboxylic acids is 2. The second kappa shape index (κ2) is 6.18. The predicted molar refractivity (Wildman–Crippen MR) is 84.1 cm³/mol. The maximum Gasteiger partial charge on any atom is 0.410 e. The molecule has 5 heteroatoms. The summed E-state index contributed by atoms with van der Waals surface area (Å²) in [4.78, 5) is 26.4. The van der Waals surface area contributed by atoms with Crippen LogP contribution >= 0.6 is 11.3 Å². The minimum absolute atomic E-state index is 0.115. The Balaban J connectivity index is 1.90. The average molecular weight is 309 g/mol. The Kier molecular flexibility index (Phi) is 4.71. The van der Waals surface area contributed by atoms with Crippen molar-refractivity contribution in [3.8, 4) is 0 Å². The molecule has 0 spiro atoms. The summed E-state index contributed by atoms with van der Waals surface area (Å²) in [6, 6.07) is 2.00. The molecule has 116 valence electrons. The first-order valence-corrected chi connectivity index (χ1v) is 8.21. The number of ether oxygens (including phenoxy) is 1. The fourth-order valence-electron chi connectivity index (χ4n) is 2.42. The van der Waals surface area contributed by atoms with Gasteiger partial charge < -0.3 is 9.64 Å². The van der Waals surface area contributed by atoms with E-state index in [0.29, 0.717) is 19.0 Å². The van der Waals surface area contributed by atoms with Gasteiger partial charge in [0.2, 0.25) is 0 Å². The number of Topliss-reactive ketones (excluding diaryl/α,β-unsaturated/α-hetero) is 1. The van der Waals surface area contributed by atoms with E-state index in [4.69, 9.17) is 4.74 Å². The van der Waals surface area contributed by atoms with Crippen molar-refractivity contribution in [2.75, 3.05) is 13.1 Å². The molecular formula is C16H23NO3S. The monoisotopic (exact) mass is 309 g/mol. The molecule has 0 N–H and O–H groups in total. The molecule has 4 nitrogen and oxygen atoms in total. The number of nitrogens with zero attached hydrogens (tertiary/aromatic N) is 1. The molecule has 2 rings (SSSR count). The zero-order chi connectivity index (χ0) is 15.6. The Morgan fingerprint density at radius 1 is 1.29 bits per heavy atom. The van der Waals surface area contributed by atoms with Crippen LogP contribution in [0.25, 0.3) is 0 Å². The number of piperidine rings is 1. The van der Waals surface area contributed by atoms with Crippen LogP contribution in [0.5, 0.6) is 0 Å². The third-order valence-corrected chi connectivity index (χ3v) is 4.67. The van der Waals surface area contributed by atoms with Gasteiger partial charge in [0.1, 0.15) is 5.60 Å². The zero-order valence-electron chi connectivity index (χ0n) is 13.1. The highest BCUT2D eigenvalue weighted by molar-refractivity contribution is 7.10. The number of carbonyl (C=O) groups is 2. The minimum atomic E-state index is -0.446. The SMILES string of the molecule is CC(=O)c1csc(C2CCN(C(=O)OC(C)(C)C)CC2)c1. The summed E-state index contributed by atoms with van der Waals surface area (Å²) in [6.07, 6.45) is 1.63. The van der Waals surface area contributed by atoms with Crippen LogP contribution < -0.4 is 0 Å². The second-order valence-electron chi connectivity index (χ2n) is 6.54. The van der Waals surface area contributed by atoms with E-state index in [9.17, 15) is 9.59 Å². The first-order chi connectivity index (χ1) is 9.76. The molecular weight excluding hydrogens is 286 g/mol. The molecule has 1 aliphatic heterocycles. The number of hydrogen-bond donors (Lipinski definition) is 0. The highest BCUT2D eigenvalue weighted by Gasteiger charge is 2.28. The molecule has 0 atom stereocenters. The number of likely N-dealkylation sites (tertiary alicyclic amines) is 1. The minimum Gasteiger partial charge on any atom is -0.444 e. The van der Waals surface area contributed by atoms with Crippen LogP contribution in [0.15, 0.2) is 11.4 Å². The summed E-state index contributed by atoms with van der Waals surface area (Å²) in [6.45, 7) is 8.67. The van der Waals surface area contributed by atoms with Crippen molar-refractivity contribution in [3.63, 3.8) is 0 Å². The van der Waals surface area contributed by atoms with E-state index < -0.39 is 5.60 Å². The molecule has 0 aliphatic carbocycles. The van der Waals surface area contributed by atoms with E-state index >= 15 is 0 Å². The number of amides is 1. The molecule has 0 bridgehead atoms. The lowest BCUT2D eigenvalue weighted by Crippen LogP contribution is -2.41. The number of thiophene rings is 1. The lowest BCUT2D eigenvalue weighted by Gasteiger charge is -2.33. The van der Waals surface area contributed by atoms with Gasteiger partial charge in [0.15, 0.2) is 5.78 Å². The van der Waals surface area contributed by atoms with Crippen molar-refractivity contribution in [3.05, 3.63) is 21.9 Å². The van der Waals surface area contributed by atoms with Crippen LogP contribution in [-0.4, -0.2) is 35.5 Å². The summed E-state index contributed by atoms with van der Waals surface area (Å²) in [7, 11) is 0. The van der Waals surface area contributed by atoms with Crippen LogP contribution in [-0.2, 0) is 4.74 Å². The Morgan fingerprint density at radius 2 is 1.90 bits per heavy atom. The van der Waals surface area contributed by atoms with E-state index in [1.165, 1.54) is 4.88 Å². The van der Waals surface area contributed by atoms with Crippen LogP contribution in [0.4, 0.5) is 4.79 Å². The first kappa shape index (κ1) is 16.0. The Labute approximate surface area is 130 Å². The smallest absolute Gasteiger partial charge is 0.410 e. The van der Waals surface area contributed by atoms with Crippen molar-refractivity contribution in [2.24, 2.45) is 0 Å². The Hall–Kier alpha value is -1.36. The summed E-state index contributed by atoms with van der Waals surface area (Å²) in [5.74, 6) is 0.561. The number of hydrogen-bond acceptors (Lipinski definition) is 4. The highest BCUT2D eigenvalue weighted by Crippen LogP contribution is 2.33. The van der Waals surface area contributed by atoms with Crippen molar-refractivity contribution in [1.29, 1.82) is 0 Å². The highest BCUT2D eigenvalue weighted by atomic mass is 32.1. The molecule has 0 unspecified atom stereocenters. The molecule has 1 fully saturated rings. The van der Waals surface area contributed by atoms with Gasteiger partial charge >= 0.3 is 6.09 Å². The molecule has 0 aromatic carbocycles. The largest absolute Gasteiger partial charge is 0.444 e. The van der Waals surface area contributed by atoms with Gasteiger partial charge in [0, 0.05) is 28.9 Å². The number of rotatable bonds is 2. The van der Waals surface area contributed by atoms with E-state index in [2.05, 4.69) is 0 Å². The molecule has 0 saturated carbocycles. The van der Waals surface area contributed by atoms with E-state index in [-0.39, 0.29) is 11.9 Å². The summed E-state index contributed by atoms with van der Waals surface area (Å²) in [5, 5.41) is 1.93. The molecule has 21 heavy (non-hydrogen) atoms. The Morgan fingerprint density at radius 3 is 2.38 bits per heavy atom. The molecule has 2 heterocycles. The Bertz CT molecular complexity index is 522. The predicted octanol–water partition coefficient (Wildman–Crippen LogP) is 4.07. The molecule has 1 aliphatic rings. The summed E-state index contributed by atoms with van der Waals surface area (Å²) in [5.41, 5.74) is 0.350. The van der Waals surface area contributed by atoms with Gasteiger partial charge in [-0.2, -0.15) is 0 Å². The van der Waals surface area contributed by atoms with Gasteiger partial charge in [-0.05, 0) is 52.5 Å². The molecule has 1 amide bonds. The van der Waals surface area contributed by atoms with E-state index in [0.717, 1.165) is 18.4 Å². The van der Waals surface area contributed by atoms with Gasteiger partial charge in [0.25, 0.3) is 0 Å². The van der Waals surface area contributed by atoms with Gasteiger partial charge in [-0.3, -0.25) is 4.79 Å². The third kappa shape index (κ3) is 4.30.